The highest BCUT2D eigenvalue weighted by atomic mass is 16.4. The first-order valence-electron chi connectivity index (χ1n) is 5.87. The van der Waals surface area contributed by atoms with Gasteiger partial charge in [0.2, 0.25) is 5.91 Å². The number of amides is 2. The number of carboxylic acids is 1. The molecule has 0 radical (unpaired) electrons. The Labute approximate surface area is 116 Å². The molecule has 0 heterocycles. The molecule has 0 spiro atoms. The van der Waals surface area contributed by atoms with E-state index < -0.39 is 23.8 Å². The van der Waals surface area contributed by atoms with Gasteiger partial charge >= 0.3 is 5.97 Å². The summed E-state index contributed by atoms with van der Waals surface area (Å²) in [6.07, 6.45) is -0.188. The summed E-state index contributed by atoms with van der Waals surface area (Å²) in [4.78, 5) is 33.0. The van der Waals surface area contributed by atoms with E-state index in [1.807, 2.05) is 6.07 Å². The molecular formula is C14H14N2O4. The molecule has 0 aliphatic rings. The van der Waals surface area contributed by atoms with Gasteiger partial charge in [0.25, 0.3) is 5.91 Å². The zero-order valence-corrected chi connectivity index (χ0v) is 10.6. The van der Waals surface area contributed by atoms with Gasteiger partial charge in [0.05, 0.1) is 0 Å². The number of carbonyl (C=O) groups excluding carboxylic acids is 2. The summed E-state index contributed by atoms with van der Waals surface area (Å²) >= 11 is 0. The van der Waals surface area contributed by atoms with Crippen molar-refractivity contribution in [1.29, 1.82) is 0 Å². The Bertz CT molecular complexity index is 558. The fraction of sp³-hybridized carbons (Fsp3) is 0.214. The summed E-state index contributed by atoms with van der Waals surface area (Å²) in [7, 11) is 0. The molecule has 1 aromatic rings. The Morgan fingerprint density at radius 2 is 1.90 bits per heavy atom. The third kappa shape index (κ3) is 5.69. The fourth-order valence-electron chi connectivity index (χ4n) is 1.39. The van der Waals surface area contributed by atoms with Gasteiger partial charge in [-0.2, -0.15) is 0 Å². The smallest absolute Gasteiger partial charge is 0.326 e. The molecule has 0 aliphatic heterocycles. The second-order valence-corrected chi connectivity index (χ2v) is 3.99. The van der Waals surface area contributed by atoms with Crippen molar-refractivity contribution in [3.8, 4) is 11.8 Å². The molecule has 6 heteroatoms. The Kier molecular flexibility index (Phi) is 5.78. The number of rotatable bonds is 5. The number of hydrogen-bond acceptors (Lipinski definition) is 3. The lowest BCUT2D eigenvalue weighted by Gasteiger charge is -2.10. The number of carboxylic acid groups (broad SMARTS) is 1. The number of aliphatic carboxylic acids is 1. The van der Waals surface area contributed by atoms with Crippen molar-refractivity contribution >= 4 is 17.8 Å². The van der Waals surface area contributed by atoms with E-state index in [2.05, 4.69) is 17.2 Å². The van der Waals surface area contributed by atoms with Gasteiger partial charge in [-0.3, -0.25) is 9.59 Å². The number of carbonyl (C=O) groups is 3. The van der Waals surface area contributed by atoms with Gasteiger partial charge < -0.3 is 16.2 Å². The second kappa shape index (κ2) is 7.59. The van der Waals surface area contributed by atoms with Gasteiger partial charge in [-0.25, -0.2) is 4.79 Å². The van der Waals surface area contributed by atoms with Gasteiger partial charge in [0, 0.05) is 17.9 Å². The van der Waals surface area contributed by atoms with E-state index in [1.165, 1.54) is 0 Å². The molecule has 0 fully saturated rings. The van der Waals surface area contributed by atoms with Crippen LogP contribution in [0.2, 0.25) is 0 Å². The molecule has 0 saturated carbocycles. The number of primary amides is 1. The lowest BCUT2D eigenvalue weighted by atomic mass is 10.1. The topological polar surface area (TPSA) is 109 Å². The van der Waals surface area contributed by atoms with E-state index in [0.717, 1.165) is 0 Å². The molecule has 1 atom stereocenters. The van der Waals surface area contributed by atoms with Crippen LogP contribution in [-0.4, -0.2) is 28.9 Å². The van der Waals surface area contributed by atoms with Gasteiger partial charge in [-0.15, -0.1) is 0 Å². The molecule has 0 unspecified atom stereocenters. The quantitative estimate of drug-likeness (QED) is 0.650. The van der Waals surface area contributed by atoms with E-state index in [4.69, 9.17) is 10.8 Å². The zero-order valence-electron chi connectivity index (χ0n) is 10.6. The third-order valence-corrected chi connectivity index (χ3v) is 2.38. The first-order valence-corrected chi connectivity index (χ1v) is 5.87. The first kappa shape index (κ1) is 15.2. The van der Waals surface area contributed by atoms with Crippen molar-refractivity contribution in [1.82, 2.24) is 5.32 Å². The van der Waals surface area contributed by atoms with E-state index in [1.54, 1.807) is 24.3 Å². The zero-order chi connectivity index (χ0) is 15.0. The Morgan fingerprint density at radius 1 is 1.25 bits per heavy atom. The Balaban J connectivity index is 2.61. The summed E-state index contributed by atoms with van der Waals surface area (Å²) in [5, 5.41) is 11.1. The molecule has 0 aromatic heterocycles. The van der Waals surface area contributed by atoms with Crippen LogP contribution in [0.3, 0.4) is 0 Å². The molecule has 4 N–H and O–H groups in total. The average molecular weight is 274 g/mol. The maximum absolute atomic E-state index is 11.5. The largest absolute Gasteiger partial charge is 0.480 e. The lowest BCUT2D eigenvalue weighted by Crippen LogP contribution is -2.40. The van der Waals surface area contributed by atoms with Gasteiger partial charge in [-0.05, 0) is 18.6 Å². The normalized spacial score (nSPS) is 10.8. The molecule has 104 valence electrons. The SMILES string of the molecule is NC(=O)CC[C@@H](NC(=O)C#Cc1ccccc1)C(=O)O. The summed E-state index contributed by atoms with van der Waals surface area (Å²) in [6, 6.07) is 7.63. The third-order valence-electron chi connectivity index (χ3n) is 2.38. The van der Waals surface area contributed by atoms with Crippen LogP contribution in [0.5, 0.6) is 0 Å². The summed E-state index contributed by atoms with van der Waals surface area (Å²) in [5.41, 5.74) is 5.58. The monoisotopic (exact) mass is 274 g/mol. The van der Waals surface area contributed by atoms with Crippen LogP contribution in [0.1, 0.15) is 18.4 Å². The number of nitrogens with one attached hydrogen (secondary N) is 1. The standard InChI is InChI=1S/C14H14N2O4/c15-12(17)8-7-11(14(19)20)16-13(18)9-6-10-4-2-1-3-5-10/h1-5,11H,7-8H2,(H2,15,17)(H,16,18)(H,19,20)/t11-/m1/s1. The summed E-state index contributed by atoms with van der Waals surface area (Å²) in [5.74, 6) is 2.32. The van der Waals surface area contributed by atoms with E-state index in [0.29, 0.717) is 5.56 Å². The molecule has 0 aliphatic carbocycles. The lowest BCUT2D eigenvalue weighted by molar-refractivity contribution is -0.141. The summed E-state index contributed by atoms with van der Waals surface area (Å²) in [6.45, 7) is 0. The van der Waals surface area contributed by atoms with Crippen LogP contribution < -0.4 is 11.1 Å². The maximum atomic E-state index is 11.5. The molecular weight excluding hydrogens is 260 g/mol. The van der Waals surface area contributed by atoms with Crippen molar-refractivity contribution in [2.24, 2.45) is 5.73 Å². The average Bonchev–Trinajstić information content (AvgIpc) is 2.41. The molecule has 1 rings (SSSR count). The minimum absolute atomic E-state index is 0.0660. The summed E-state index contributed by atoms with van der Waals surface area (Å²) < 4.78 is 0. The van der Waals surface area contributed by atoms with Crippen LogP contribution in [0.15, 0.2) is 30.3 Å². The molecule has 1 aromatic carbocycles. The second-order valence-electron chi connectivity index (χ2n) is 3.99. The van der Waals surface area contributed by atoms with Crippen LogP contribution in [-0.2, 0) is 14.4 Å². The van der Waals surface area contributed by atoms with Crippen molar-refractivity contribution in [2.75, 3.05) is 0 Å². The maximum Gasteiger partial charge on any atom is 0.326 e. The minimum Gasteiger partial charge on any atom is -0.480 e. The van der Waals surface area contributed by atoms with E-state index in [-0.39, 0.29) is 12.8 Å². The number of hydrogen-bond donors (Lipinski definition) is 3. The highest BCUT2D eigenvalue weighted by Gasteiger charge is 2.19. The number of benzene rings is 1. The van der Waals surface area contributed by atoms with Crippen molar-refractivity contribution in [3.63, 3.8) is 0 Å². The van der Waals surface area contributed by atoms with Gasteiger partial charge in [0.15, 0.2) is 0 Å². The van der Waals surface area contributed by atoms with E-state index >= 15 is 0 Å². The van der Waals surface area contributed by atoms with Crippen LogP contribution in [0.4, 0.5) is 0 Å². The highest BCUT2D eigenvalue weighted by Crippen LogP contribution is 1.98. The number of nitrogens with two attached hydrogens (primary N) is 1. The molecule has 2 amide bonds. The van der Waals surface area contributed by atoms with Crippen LogP contribution in [0, 0.1) is 11.8 Å². The van der Waals surface area contributed by atoms with Crippen LogP contribution in [0.25, 0.3) is 0 Å². The van der Waals surface area contributed by atoms with Crippen molar-refractivity contribution in [3.05, 3.63) is 35.9 Å². The molecule has 20 heavy (non-hydrogen) atoms. The molecule has 0 saturated heterocycles. The van der Waals surface area contributed by atoms with Gasteiger partial charge in [0.1, 0.15) is 6.04 Å². The predicted molar refractivity (Wildman–Crippen MR) is 71.3 cm³/mol. The fourth-order valence-corrected chi connectivity index (χ4v) is 1.39. The minimum atomic E-state index is -1.24. The van der Waals surface area contributed by atoms with Crippen LogP contribution >= 0.6 is 0 Å². The predicted octanol–water partition coefficient (Wildman–Crippen LogP) is -0.127. The Morgan fingerprint density at radius 3 is 2.45 bits per heavy atom. The van der Waals surface area contributed by atoms with E-state index in [9.17, 15) is 14.4 Å². The first-order chi connectivity index (χ1) is 9.49. The molecule has 6 nitrogen and oxygen atoms in total. The Hall–Kier alpha value is -2.81. The highest BCUT2D eigenvalue weighted by molar-refractivity contribution is 5.96. The molecule has 0 bridgehead atoms. The van der Waals surface area contributed by atoms with Crippen molar-refractivity contribution < 1.29 is 19.5 Å². The van der Waals surface area contributed by atoms with Crippen molar-refractivity contribution in [2.45, 2.75) is 18.9 Å². The van der Waals surface area contributed by atoms with Gasteiger partial charge in [-0.1, -0.05) is 24.1 Å².